The number of rotatable bonds is 5. The van der Waals surface area contributed by atoms with Gasteiger partial charge in [0.25, 0.3) is 0 Å². The number of benzene rings is 1. The number of ether oxygens (including phenoxy) is 1. The second kappa shape index (κ2) is 6.12. The standard InChI is InChI=1S/C14H21FO2/c1-14(2,3)8-9-17-10-13(16)11-6-4-5-7-12(11)15/h4-7,13,16H,8-10H2,1-3H3. The molecule has 0 spiro atoms. The van der Waals surface area contributed by atoms with Crippen LogP contribution < -0.4 is 0 Å². The molecular formula is C14H21FO2. The second-order valence-corrected chi connectivity index (χ2v) is 5.42. The van der Waals surface area contributed by atoms with Crippen LogP contribution in [0.3, 0.4) is 0 Å². The molecule has 1 aromatic rings. The zero-order valence-corrected chi connectivity index (χ0v) is 10.7. The van der Waals surface area contributed by atoms with E-state index in [1.54, 1.807) is 18.2 Å². The highest BCUT2D eigenvalue weighted by Gasteiger charge is 2.13. The van der Waals surface area contributed by atoms with Crippen LogP contribution in [0.15, 0.2) is 24.3 Å². The molecule has 0 aromatic heterocycles. The molecule has 0 aliphatic heterocycles. The number of hydrogen-bond donors (Lipinski definition) is 1. The van der Waals surface area contributed by atoms with Gasteiger partial charge in [-0.1, -0.05) is 39.0 Å². The van der Waals surface area contributed by atoms with Crippen molar-refractivity contribution in [2.75, 3.05) is 13.2 Å². The lowest BCUT2D eigenvalue weighted by molar-refractivity contribution is 0.0247. The molecular weight excluding hydrogens is 219 g/mol. The van der Waals surface area contributed by atoms with Crippen molar-refractivity contribution >= 4 is 0 Å². The van der Waals surface area contributed by atoms with Gasteiger partial charge in [0.05, 0.1) is 6.61 Å². The average Bonchev–Trinajstić information content (AvgIpc) is 2.23. The van der Waals surface area contributed by atoms with Gasteiger partial charge >= 0.3 is 0 Å². The van der Waals surface area contributed by atoms with Crippen LogP contribution in [0.1, 0.15) is 38.9 Å². The van der Waals surface area contributed by atoms with E-state index >= 15 is 0 Å². The third-order valence-electron chi connectivity index (χ3n) is 2.54. The van der Waals surface area contributed by atoms with E-state index < -0.39 is 6.10 Å². The summed E-state index contributed by atoms with van der Waals surface area (Å²) in [4.78, 5) is 0. The molecule has 0 saturated heterocycles. The lowest BCUT2D eigenvalue weighted by Gasteiger charge is -2.18. The smallest absolute Gasteiger partial charge is 0.129 e. The SMILES string of the molecule is CC(C)(C)CCOCC(O)c1ccccc1F. The Morgan fingerprint density at radius 2 is 1.94 bits per heavy atom. The van der Waals surface area contributed by atoms with Gasteiger partial charge in [-0.05, 0) is 17.9 Å². The van der Waals surface area contributed by atoms with E-state index in [1.807, 2.05) is 0 Å². The summed E-state index contributed by atoms with van der Waals surface area (Å²) in [6.07, 6.45) is 0.0212. The Labute approximate surface area is 102 Å². The molecule has 0 amide bonds. The molecule has 2 nitrogen and oxygen atoms in total. The highest BCUT2D eigenvalue weighted by molar-refractivity contribution is 5.19. The van der Waals surface area contributed by atoms with E-state index in [9.17, 15) is 9.50 Å². The van der Waals surface area contributed by atoms with Gasteiger partial charge < -0.3 is 9.84 Å². The van der Waals surface area contributed by atoms with Gasteiger partial charge in [0.1, 0.15) is 11.9 Å². The maximum atomic E-state index is 13.3. The maximum absolute atomic E-state index is 13.3. The predicted molar refractivity (Wildman–Crippen MR) is 66.3 cm³/mol. The zero-order chi connectivity index (χ0) is 12.9. The van der Waals surface area contributed by atoms with Crippen LogP contribution in [0.4, 0.5) is 4.39 Å². The molecule has 1 atom stereocenters. The first-order chi connectivity index (χ1) is 7.90. The Morgan fingerprint density at radius 3 is 2.53 bits per heavy atom. The Balaban J connectivity index is 2.36. The quantitative estimate of drug-likeness (QED) is 0.800. The first kappa shape index (κ1) is 14.1. The van der Waals surface area contributed by atoms with Crippen molar-refractivity contribution in [3.05, 3.63) is 35.6 Å². The van der Waals surface area contributed by atoms with Gasteiger partial charge in [-0.3, -0.25) is 0 Å². The largest absolute Gasteiger partial charge is 0.386 e. The molecule has 96 valence electrons. The summed E-state index contributed by atoms with van der Waals surface area (Å²) in [6, 6.07) is 6.23. The molecule has 0 heterocycles. The molecule has 0 aliphatic carbocycles. The molecule has 17 heavy (non-hydrogen) atoms. The van der Waals surface area contributed by atoms with Crippen LogP contribution in [0.5, 0.6) is 0 Å². The van der Waals surface area contributed by atoms with Crippen LogP contribution in [-0.2, 0) is 4.74 Å². The summed E-state index contributed by atoms with van der Waals surface area (Å²) in [5.41, 5.74) is 0.506. The topological polar surface area (TPSA) is 29.5 Å². The van der Waals surface area contributed by atoms with Crippen molar-refractivity contribution in [1.29, 1.82) is 0 Å². The molecule has 1 aromatic carbocycles. The number of aliphatic hydroxyl groups excluding tert-OH is 1. The molecule has 1 N–H and O–H groups in total. The molecule has 1 unspecified atom stereocenters. The van der Waals surface area contributed by atoms with Gasteiger partial charge in [0.2, 0.25) is 0 Å². The minimum Gasteiger partial charge on any atom is -0.386 e. The first-order valence-electron chi connectivity index (χ1n) is 5.90. The molecule has 0 fully saturated rings. The summed E-state index contributed by atoms with van der Waals surface area (Å²) in [5.74, 6) is -0.389. The van der Waals surface area contributed by atoms with Crippen LogP contribution in [0.2, 0.25) is 0 Å². The molecule has 3 heteroatoms. The molecule has 0 aliphatic rings. The number of hydrogen-bond acceptors (Lipinski definition) is 2. The summed E-state index contributed by atoms with van der Waals surface area (Å²) >= 11 is 0. The van der Waals surface area contributed by atoms with Crippen molar-refractivity contribution in [3.8, 4) is 0 Å². The minimum absolute atomic E-state index is 0.136. The van der Waals surface area contributed by atoms with Crippen LogP contribution in [0, 0.1) is 11.2 Å². The lowest BCUT2D eigenvalue weighted by Crippen LogP contribution is -2.13. The number of aliphatic hydroxyl groups is 1. The Bertz CT molecular complexity index is 344. The van der Waals surface area contributed by atoms with Gasteiger partial charge in [-0.25, -0.2) is 4.39 Å². The average molecular weight is 240 g/mol. The molecule has 0 saturated carbocycles. The lowest BCUT2D eigenvalue weighted by atomic mass is 9.93. The highest BCUT2D eigenvalue weighted by atomic mass is 19.1. The van der Waals surface area contributed by atoms with Gasteiger partial charge in [0, 0.05) is 12.2 Å². The van der Waals surface area contributed by atoms with Gasteiger partial charge in [-0.15, -0.1) is 0 Å². The maximum Gasteiger partial charge on any atom is 0.129 e. The van der Waals surface area contributed by atoms with Crippen LogP contribution in [0.25, 0.3) is 0 Å². The first-order valence-corrected chi connectivity index (χ1v) is 5.90. The fourth-order valence-electron chi connectivity index (χ4n) is 1.41. The van der Waals surface area contributed by atoms with Gasteiger partial charge in [-0.2, -0.15) is 0 Å². The van der Waals surface area contributed by atoms with Crippen molar-refractivity contribution < 1.29 is 14.2 Å². The Morgan fingerprint density at radius 1 is 1.29 bits per heavy atom. The molecule has 1 rings (SSSR count). The second-order valence-electron chi connectivity index (χ2n) is 5.42. The fraction of sp³-hybridized carbons (Fsp3) is 0.571. The normalized spacial score (nSPS) is 13.7. The van der Waals surface area contributed by atoms with Crippen LogP contribution in [-0.4, -0.2) is 18.3 Å². The van der Waals surface area contributed by atoms with E-state index in [0.717, 1.165) is 6.42 Å². The predicted octanol–water partition coefficient (Wildman–Crippen LogP) is 3.31. The van der Waals surface area contributed by atoms with Crippen LogP contribution >= 0.6 is 0 Å². The summed E-state index contributed by atoms with van der Waals surface area (Å²) < 4.78 is 18.7. The van der Waals surface area contributed by atoms with E-state index in [2.05, 4.69) is 20.8 Å². The summed E-state index contributed by atoms with van der Waals surface area (Å²) in [6.45, 7) is 7.10. The highest BCUT2D eigenvalue weighted by Crippen LogP contribution is 2.20. The van der Waals surface area contributed by atoms with Crippen molar-refractivity contribution in [2.45, 2.75) is 33.3 Å². The number of halogens is 1. The van der Waals surface area contributed by atoms with E-state index in [1.165, 1.54) is 6.07 Å². The minimum atomic E-state index is -0.892. The fourth-order valence-corrected chi connectivity index (χ4v) is 1.41. The Kier molecular flexibility index (Phi) is 5.09. The molecule has 0 radical (unpaired) electrons. The van der Waals surface area contributed by atoms with Crippen molar-refractivity contribution in [2.24, 2.45) is 5.41 Å². The third-order valence-corrected chi connectivity index (χ3v) is 2.54. The van der Waals surface area contributed by atoms with Gasteiger partial charge in [0.15, 0.2) is 0 Å². The zero-order valence-electron chi connectivity index (χ0n) is 10.7. The monoisotopic (exact) mass is 240 g/mol. The third kappa shape index (κ3) is 5.29. The van der Waals surface area contributed by atoms with E-state index in [-0.39, 0.29) is 17.8 Å². The van der Waals surface area contributed by atoms with Crippen molar-refractivity contribution in [3.63, 3.8) is 0 Å². The van der Waals surface area contributed by atoms with E-state index in [4.69, 9.17) is 4.74 Å². The summed E-state index contributed by atoms with van der Waals surface area (Å²) in [5, 5.41) is 9.77. The molecule has 0 bridgehead atoms. The van der Waals surface area contributed by atoms with Crippen molar-refractivity contribution in [1.82, 2.24) is 0 Å². The Hall–Kier alpha value is -0.930. The van der Waals surface area contributed by atoms with E-state index in [0.29, 0.717) is 12.2 Å². The summed E-state index contributed by atoms with van der Waals surface area (Å²) in [7, 11) is 0.